The van der Waals surface area contributed by atoms with Crippen LogP contribution in [0.4, 0.5) is 5.69 Å². The normalized spacial score (nSPS) is 20.5. The van der Waals surface area contributed by atoms with Crippen LogP contribution < -0.4 is 4.90 Å². The Labute approximate surface area is 120 Å². The van der Waals surface area contributed by atoms with Crippen LogP contribution in [0.1, 0.15) is 43.4 Å². The van der Waals surface area contributed by atoms with Gasteiger partial charge in [0.15, 0.2) is 0 Å². The number of hydrogen-bond donors (Lipinski definition) is 2. The SMILES string of the molecule is CC(O)c1ccc(C#N)cc1N1CCCC(CCO)C1. The lowest BCUT2D eigenvalue weighted by Gasteiger charge is -2.36. The Balaban J connectivity index is 2.27. The zero-order valence-electron chi connectivity index (χ0n) is 11.9. The molecule has 0 amide bonds. The van der Waals surface area contributed by atoms with Gasteiger partial charge >= 0.3 is 0 Å². The zero-order chi connectivity index (χ0) is 14.5. The van der Waals surface area contributed by atoms with Gasteiger partial charge in [-0.3, -0.25) is 0 Å². The van der Waals surface area contributed by atoms with Crippen LogP contribution >= 0.6 is 0 Å². The van der Waals surface area contributed by atoms with Gasteiger partial charge in [-0.25, -0.2) is 0 Å². The molecule has 2 N–H and O–H groups in total. The largest absolute Gasteiger partial charge is 0.396 e. The van der Waals surface area contributed by atoms with Crippen LogP contribution in [-0.2, 0) is 0 Å². The fourth-order valence-corrected chi connectivity index (χ4v) is 2.94. The Hall–Kier alpha value is -1.57. The highest BCUT2D eigenvalue weighted by molar-refractivity contribution is 5.58. The summed E-state index contributed by atoms with van der Waals surface area (Å²) in [6, 6.07) is 7.62. The van der Waals surface area contributed by atoms with Gasteiger partial charge < -0.3 is 15.1 Å². The molecule has 0 aliphatic carbocycles. The summed E-state index contributed by atoms with van der Waals surface area (Å²) in [4.78, 5) is 2.24. The van der Waals surface area contributed by atoms with Gasteiger partial charge in [-0.05, 0) is 44.2 Å². The summed E-state index contributed by atoms with van der Waals surface area (Å²) in [5.74, 6) is 0.487. The number of hydrogen-bond acceptors (Lipinski definition) is 4. The van der Waals surface area contributed by atoms with Crippen molar-refractivity contribution in [1.29, 1.82) is 5.26 Å². The molecule has 1 fully saturated rings. The summed E-state index contributed by atoms with van der Waals surface area (Å²) in [6.45, 7) is 3.80. The molecule has 4 heteroatoms. The average molecular weight is 274 g/mol. The van der Waals surface area contributed by atoms with Crippen LogP contribution in [-0.4, -0.2) is 29.9 Å². The summed E-state index contributed by atoms with van der Waals surface area (Å²) in [7, 11) is 0. The van der Waals surface area contributed by atoms with Gasteiger partial charge in [-0.15, -0.1) is 0 Å². The second kappa shape index (κ2) is 6.74. The lowest BCUT2D eigenvalue weighted by Crippen LogP contribution is -2.36. The molecule has 0 radical (unpaired) electrons. The molecular weight excluding hydrogens is 252 g/mol. The molecule has 1 aromatic carbocycles. The molecule has 1 aliphatic heterocycles. The van der Waals surface area contributed by atoms with Gasteiger partial charge in [0, 0.05) is 30.9 Å². The fourth-order valence-electron chi connectivity index (χ4n) is 2.94. The number of aliphatic hydroxyl groups excluding tert-OH is 2. The van der Waals surface area contributed by atoms with Gasteiger partial charge in [-0.2, -0.15) is 5.26 Å². The molecule has 4 nitrogen and oxygen atoms in total. The fraction of sp³-hybridized carbons (Fsp3) is 0.562. The van der Waals surface area contributed by atoms with E-state index in [9.17, 15) is 5.11 Å². The van der Waals surface area contributed by atoms with E-state index in [1.165, 1.54) is 0 Å². The van der Waals surface area contributed by atoms with Crippen molar-refractivity contribution in [3.05, 3.63) is 29.3 Å². The predicted octanol–water partition coefficient (Wildman–Crippen LogP) is 2.21. The van der Waals surface area contributed by atoms with Gasteiger partial charge in [0.1, 0.15) is 0 Å². The lowest BCUT2D eigenvalue weighted by atomic mass is 9.93. The minimum atomic E-state index is -0.545. The van der Waals surface area contributed by atoms with Crippen molar-refractivity contribution in [3.8, 4) is 6.07 Å². The van der Waals surface area contributed by atoms with Gasteiger partial charge in [0.05, 0.1) is 17.7 Å². The van der Waals surface area contributed by atoms with Crippen LogP contribution in [0.15, 0.2) is 18.2 Å². The van der Waals surface area contributed by atoms with E-state index in [1.54, 1.807) is 13.0 Å². The maximum atomic E-state index is 9.92. The maximum Gasteiger partial charge on any atom is 0.0992 e. The maximum absolute atomic E-state index is 9.92. The van der Waals surface area contributed by atoms with Crippen LogP contribution in [0, 0.1) is 17.2 Å². The number of nitriles is 1. The van der Waals surface area contributed by atoms with Gasteiger partial charge in [0.2, 0.25) is 0 Å². The number of anilines is 1. The molecular formula is C16H22N2O2. The van der Waals surface area contributed by atoms with Crippen molar-refractivity contribution >= 4 is 5.69 Å². The number of rotatable bonds is 4. The van der Waals surface area contributed by atoms with E-state index in [0.717, 1.165) is 43.6 Å². The zero-order valence-corrected chi connectivity index (χ0v) is 11.9. The number of nitrogens with zero attached hydrogens (tertiary/aromatic N) is 2. The van der Waals surface area contributed by atoms with E-state index in [2.05, 4.69) is 11.0 Å². The predicted molar refractivity (Wildman–Crippen MR) is 78.4 cm³/mol. The van der Waals surface area contributed by atoms with E-state index < -0.39 is 6.10 Å². The molecule has 0 spiro atoms. The monoisotopic (exact) mass is 274 g/mol. The van der Waals surface area contributed by atoms with Crippen LogP contribution in [0.25, 0.3) is 0 Å². The summed E-state index contributed by atoms with van der Waals surface area (Å²) in [5, 5.41) is 28.1. The molecule has 0 saturated carbocycles. The molecule has 1 aromatic rings. The Kier molecular flexibility index (Phi) is 4.99. The van der Waals surface area contributed by atoms with Crippen molar-refractivity contribution in [1.82, 2.24) is 0 Å². The molecule has 1 saturated heterocycles. The summed E-state index contributed by atoms with van der Waals surface area (Å²) in [5.41, 5.74) is 2.45. The minimum Gasteiger partial charge on any atom is -0.396 e. The molecule has 108 valence electrons. The quantitative estimate of drug-likeness (QED) is 0.883. The van der Waals surface area contributed by atoms with Crippen molar-refractivity contribution in [2.24, 2.45) is 5.92 Å². The summed E-state index contributed by atoms with van der Waals surface area (Å²) >= 11 is 0. The smallest absolute Gasteiger partial charge is 0.0992 e. The molecule has 2 atom stereocenters. The summed E-state index contributed by atoms with van der Waals surface area (Å²) in [6.07, 6.45) is 2.49. The van der Waals surface area contributed by atoms with E-state index in [1.807, 2.05) is 12.1 Å². The number of benzene rings is 1. The van der Waals surface area contributed by atoms with Crippen LogP contribution in [0.3, 0.4) is 0 Å². The third-order valence-electron chi connectivity index (χ3n) is 4.01. The van der Waals surface area contributed by atoms with Crippen LogP contribution in [0.2, 0.25) is 0 Å². The van der Waals surface area contributed by atoms with E-state index in [4.69, 9.17) is 10.4 Å². The molecule has 2 rings (SSSR count). The highest BCUT2D eigenvalue weighted by atomic mass is 16.3. The Morgan fingerprint density at radius 2 is 2.30 bits per heavy atom. The number of aliphatic hydroxyl groups is 2. The first-order chi connectivity index (χ1) is 9.65. The van der Waals surface area contributed by atoms with Gasteiger partial charge in [0.25, 0.3) is 0 Å². The lowest BCUT2D eigenvalue weighted by molar-refractivity contribution is 0.199. The van der Waals surface area contributed by atoms with Gasteiger partial charge in [-0.1, -0.05) is 6.07 Å². The third-order valence-corrected chi connectivity index (χ3v) is 4.01. The van der Waals surface area contributed by atoms with Crippen molar-refractivity contribution in [2.75, 3.05) is 24.6 Å². The first-order valence-electron chi connectivity index (χ1n) is 7.23. The first-order valence-corrected chi connectivity index (χ1v) is 7.23. The van der Waals surface area contributed by atoms with Crippen molar-refractivity contribution in [2.45, 2.75) is 32.3 Å². The van der Waals surface area contributed by atoms with Crippen molar-refractivity contribution < 1.29 is 10.2 Å². The van der Waals surface area contributed by atoms with E-state index in [0.29, 0.717) is 11.5 Å². The molecule has 1 aliphatic rings. The number of piperidine rings is 1. The minimum absolute atomic E-state index is 0.222. The second-order valence-electron chi connectivity index (χ2n) is 5.53. The highest BCUT2D eigenvalue weighted by Crippen LogP contribution is 2.31. The standard InChI is InChI=1S/C16H22N2O2/c1-12(20)15-5-4-14(10-17)9-16(15)18-7-2-3-13(11-18)6-8-19/h4-5,9,12-13,19-20H,2-3,6-8,11H2,1H3. The highest BCUT2D eigenvalue weighted by Gasteiger charge is 2.22. The topological polar surface area (TPSA) is 67.5 Å². The first kappa shape index (κ1) is 14.8. The molecule has 1 heterocycles. The summed E-state index contributed by atoms with van der Waals surface area (Å²) < 4.78 is 0. The van der Waals surface area contributed by atoms with E-state index in [-0.39, 0.29) is 6.61 Å². The Bertz CT molecular complexity index is 492. The molecule has 0 aromatic heterocycles. The molecule has 2 unspecified atom stereocenters. The Morgan fingerprint density at radius 1 is 1.50 bits per heavy atom. The molecule has 20 heavy (non-hydrogen) atoms. The second-order valence-corrected chi connectivity index (χ2v) is 5.53. The Morgan fingerprint density at radius 3 is 2.95 bits per heavy atom. The third kappa shape index (κ3) is 3.30. The average Bonchev–Trinajstić information content (AvgIpc) is 2.47. The van der Waals surface area contributed by atoms with Crippen LogP contribution in [0.5, 0.6) is 0 Å². The molecule has 0 bridgehead atoms. The van der Waals surface area contributed by atoms with Crippen molar-refractivity contribution in [3.63, 3.8) is 0 Å². The van der Waals surface area contributed by atoms with E-state index >= 15 is 0 Å².